The van der Waals surface area contributed by atoms with Crippen LogP contribution in [0, 0.1) is 0 Å². The van der Waals surface area contributed by atoms with Gasteiger partial charge in [-0.05, 0) is 23.8 Å². The van der Waals surface area contributed by atoms with Gasteiger partial charge in [0.1, 0.15) is 5.01 Å². The summed E-state index contributed by atoms with van der Waals surface area (Å²) in [6.07, 6.45) is 0.177. The zero-order valence-corrected chi connectivity index (χ0v) is 15.3. The van der Waals surface area contributed by atoms with Crippen molar-refractivity contribution in [2.24, 2.45) is 5.73 Å². The number of halogens is 1. The number of benzene rings is 2. The number of amides is 2. The highest BCUT2D eigenvalue weighted by Crippen LogP contribution is 2.30. The molecule has 0 aliphatic rings. The molecule has 0 atom stereocenters. The third kappa shape index (κ3) is 4.47. The Morgan fingerprint density at radius 1 is 1.15 bits per heavy atom. The summed E-state index contributed by atoms with van der Waals surface area (Å²) < 4.78 is 0. The van der Waals surface area contributed by atoms with Crippen molar-refractivity contribution in [3.8, 4) is 10.6 Å². The number of thiazole rings is 1. The fourth-order valence-corrected chi connectivity index (χ4v) is 3.55. The lowest BCUT2D eigenvalue weighted by atomic mass is 10.1. The first-order valence-electron chi connectivity index (χ1n) is 7.87. The second kappa shape index (κ2) is 8.12. The van der Waals surface area contributed by atoms with Gasteiger partial charge in [0.05, 0.1) is 17.1 Å². The van der Waals surface area contributed by atoms with E-state index in [0.717, 1.165) is 16.1 Å². The molecular formula is C19H16ClN3O2S. The number of carbonyl (C=O) groups excluding carboxylic acids is 2. The van der Waals surface area contributed by atoms with E-state index in [0.29, 0.717) is 22.8 Å². The molecule has 26 heavy (non-hydrogen) atoms. The molecule has 0 radical (unpaired) electrons. The van der Waals surface area contributed by atoms with Gasteiger partial charge in [-0.3, -0.25) is 9.59 Å². The summed E-state index contributed by atoms with van der Waals surface area (Å²) in [5, 5.41) is 6.09. The van der Waals surface area contributed by atoms with E-state index in [1.54, 1.807) is 18.2 Å². The van der Waals surface area contributed by atoms with Gasteiger partial charge in [-0.15, -0.1) is 11.3 Å². The summed E-state index contributed by atoms with van der Waals surface area (Å²) in [5.41, 5.74) is 8.03. The molecule has 0 unspecified atom stereocenters. The van der Waals surface area contributed by atoms with Crippen LogP contribution in [0.1, 0.15) is 21.6 Å². The van der Waals surface area contributed by atoms with Crippen LogP contribution in [-0.2, 0) is 17.8 Å². The lowest BCUT2D eigenvalue weighted by Crippen LogP contribution is -2.24. The number of hydrogen-bond donors (Lipinski definition) is 2. The molecule has 132 valence electrons. The van der Waals surface area contributed by atoms with Crippen molar-refractivity contribution in [1.82, 2.24) is 10.3 Å². The van der Waals surface area contributed by atoms with E-state index in [-0.39, 0.29) is 12.3 Å². The number of nitrogens with one attached hydrogen (secondary N) is 1. The van der Waals surface area contributed by atoms with E-state index in [1.807, 2.05) is 35.7 Å². The highest BCUT2D eigenvalue weighted by molar-refractivity contribution is 7.13. The zero-order chi connectivity index (χ0) is 18.5. The fraction of sp³-hybridized carbons (Fsp3) is 0.105. The number of nitrogens with zero attached hydrogens (tertiary/aromatic N) is 1. The fourth-order valence-electron chi connectivity index (χ4n) is 2.41. The van der Waals surface area contributed by atoms with Gasteiger partial charge in [-0.1, -0.05) is 41.9 Å². The van der Waals surface area contributed by atoms with Gasteiger partial charge in [0.15, 0.2) is 0 Å². The SMILES string of the molecule is NC(=O)c1cccc(CNC(=O)Cc2csc(-c3ccccc3Cl)n2)c1. The highest BCUT2D eigenvalue weighted by atomic mass is 35.5. The van der Waals surface area contributed by atoms with E-state index in [2.05, 4.69) is 10.3 Å². The molecular weight excluding hydrogens is 370 g/mol. The lowest BCUT2D eigenvalue weighted by molar-refractivity contribution is -0.120. The maximum atomic E-state index is 12.2. The lowest BCUT2D eigenvalue weighted by Gasteiger charge is -2.05. The minimum atomic E-state index is -0.493. The minimum Gasteiger partial charge on any atom is -0.366 e. The number of primary amides is 1. The Labute approximate surface area is 159 Å². The molecule has 0 aliphatic carbocycles. The molecule has 0 aliphatic heterocycles. The Bertz CT molecular complexity index is 955. The maximum Gasteiger partial charge on any atom is 0.248 e. The predicted octanol–water partition coefficient (Wildman–Crippen LogP) is 3.42. The number of rotatable bonds is 6. The van der Waals surface area contributed by atoms with E-state index in [9.17, 15) is 9.59 Å². The molecule has 0 fully saturated rings. The third-order valence-electron chi connectivity index (χ3n) is 3.70. The summed E-state index contributed by atoms with van der Waals surface area (Å²) in [5.74, 6) is -0.641. The second-order valence-electron chi connectivity index (χ2n) is 5.64. The highest BCUT2D eigenvalue weighted by Gasteiger charge is 2.11. The van der Waals surface area contributed by atoms with Gasteiger partial charge in [0.2, 0.25) is 11.8 Å². The summed E-state index contributed by atoms with van der Waals surface area (Å²) in [6, 6.07) is 14.3. The summed E-state index contributed by atoms with van der Waals surface area (Å²) >= 11 is 7.63. The number of aromatic nitrogens is 1. The molecule has 7 heteroatoms. The molecule has 0 saturated carbocycles. The van der Waals surface area contributed by atoms with Crippen molar-refractivity contribution < 1.29 is 9.59 Å². The first kappa shape index (κ1) is 18.1. The van der Waals surface area contributed by atoms with Crippen molar-refractivity contribution in [3.63, 3.8) is 0 Å². The Hall–Kier alpha value is -2.70. The van der Waals surface area contributed by atoms with Crippen LogP contribution >= 0.6 is 22.9 Å². The largest absolute Gasteiger partial charge is 0.366 e. The average Bonchev–Trinajstić information content (AvgIpc) is 3.08. The van der Waals surface area contributed by atoms with E-state index in [1.165, 1.54) is 11.3 Å². The van der Waals surface area contributed by atoms with Crippen LogP contribution < -0.4 is 11.1 Å². The predicted molar refractivity (Wildman–Crippen MR) is 103 cm³/mol. The molecule has 5 nitrogen and oxygen atoms in total. The summed E-state index contributed by atoms with van der Waals surface area (Å²) in [6.45, 7) is 0.321. The first-order valence-corrected chi connectivity index (χ1v) is 9.13. The Morgan fingerprint density at radius 3 is 2.73 bits per heavy atom. The van der Waals surface area contributed by atoms with Gasteiger partial charge in [-0.2, -0.15) is 0 Å². The summed E-state index contributed by atoms with van der Waals surface area (Å²) in [4.78, 5) is 27.8. The first-order chi connectivity index (χ1) is 12.5. The van der Waals surface area contributed by atoms with Crippen LogP contribution in [0.4, 0.5) is 0 Å². The molecule has 3 rings (SSSR count). The molecule has 3 N–H and O–H groups in total. The van der Waals surface area contributed by atoms with Gasteiger partial charge >= 0.3 is 0 Å². The van der Waals surface area contributed by atoms with Crippen molar-refractivity contribution in [2.45, 2.75) is 13.0 Å². The molecule has 0 bridgehead atoms. The van der Waals surface area contributed by atoms with Crippen LogP contribution in [-0.4, -0.2) is 16.8 Å². The average molecular weight is 386 g/mol. The standard InChI is InChI=1S/C19H16ClN3O2S/c20-16-7-2-1-6-15(16)19-23-14(11-26-19)9-17(24)22-10-12-4-3-5-13(8-12)18(21)25/h1-8,11H,9-10H2,(H2,21,25)(H,22,24). The van der Waals surface area contributed by atoms with Crippen molar-refractivity contribution >= 4 is 34.8 Å². The Morgan fingerprint density at radius 2 is 1.96 bits per heavy atom. The molecule has 1 heterocycles. The number of carbonyl (C=O) groups is 2. The maximum absolute atomic E-state index is 12.2. The van der Waals surface area contributed by atoms with Gasteiger partial charge in [-0.25, -0.2) is 4.98 Å². The topological polar surface area (TPSA) is 85.1 Å². The van der Waals surface area contributed by atoms with E-state index >= 15 is 0 Å². The number of hydrogen-bond acceptors (Lipinski definition) is 4. The van der Waals surface area contributed by atoms with Crippen LogP contribution in [0.5, 0.6) is 0 Å². The number of nitrogens with two attached hydrogens (primary N) is 1. The third-order valence-corrected chi connectivity index (χ3v) is 4.95. The van der Waals surface area contributed by atoms with Crippen molar-refractivity contribution in [3.05, 3.63) is 75.8 Å². The Balaban J connectivity index is 1.60. The van der Waals surface area contributed by atoms with Crippen molar-refractivity contribution in [1.29, 1.82) is 0 Å². The quantitative estimate of drug-likeness (QED) is 0.681. The van der Waals surface area contributed by atoms with Crippen LogP contribution in [0.2, 0.25) is 5.02 Å². The zero-order valence-electron chi connectivity index (χ0n) is 13.7. The molecule has 0 saturated heterocycles. The normalized spacial score (nSPS) is 10.5. The van der Waals surface area contributed by atoms with Gasteiger partial charge < -0.3 is 11.1 Å². The Kier molecular flexibility index (Phi) is 5.65. The smallest absolute Gasteiger partial charge is 0.248 e. The van der Waals surface area contributed by atoms with Crippen molar-refractivity contribution in [2.75, 3.05) is 0 Å². The molecule has 1 aromatic heterocycles. The molecule has 2 aromatic carbocycles. The monoisotopic (exact) mass is 385 g/mol. The summed E-state index contributed by atoms with van der Waals surface area (Å²) in [7, 11) is 0. The minimum absolute atomic E-state index is 0.148. The van der Waals surface area contributed by atoms with E-state index < -0.39 is 5.91 Å². The van der Waals surface area contributed by atoms with Gasteiger partial charge in [0, 0.05) is 23.1 Å². The van der Waals surface area contributed by atoms with Crippen LogP contribution in [0.15, 0.2) is 53.9 Å². The van der Waals surface area contributed by atoms with Crippen LogP contribution in [0.25, 0.3) is 10.6 Å². The molecule has 0 spiro atoms. The molecule has 3 aromatic rings. The van der Waals surface area contributed by atoms with Gasteiger partial charge in [0.25, 0.3) is 0 Å². The van der Waals surface area contributed by atoms with Crippen LogP contribution in [0.3, 0.4) is 0 Å². The molecule has 2 amide bonds. The second-order valence-corrected chi connectivity index (χ2v) is 6.91. The van der Waals surface area contributed by atoms with E-state index in [4.69, 9.17) is 17.3 Å².